The van der Waals surface area contributed by atoms with Gasteiger partial charge in [0.1, 0.15) is 0 Å². The van der Waals surface area contributed by atoms with Gasteiger partial charge in [0.15, 0.2) is 0 Å². The number of hydrogen-bond donors (Lipinski definition) is 1. The molecule has 0 saturated carbocycles. The van der Waals surface area contributed by atoms with Crippen LogP contribution in [0.5, 0.6) is 0 Å². The lowest BCUT2D eigenvalue weighted by Crippen LogP contribution is -2.56. The first-order valence-corrected chi connectivity index (χ1v) is 12.2. The number of nitrogens with one attached hydrogen (secondary N) is 1. The van der Waals surface area contributed by atoms with E-state index in [9.17, 15) is 13.2 Å². The number of pyridine rings is 1. The second-order valence-corrected chi connectivity index (χ2v) is 10.6. The Morgan fingerprint density at radius 2 is 1.91 bits per heavy atom. The zero-order valence-electron chi connectivity index (χ0n) is 17.5. The van der Waals surface area contributed by atoms with E-state index in [1.54, 1.807) is 30.6 Å². The van der Waals surface area contributed by atoms with Crippen LogP contribution in [0.1, 0.15) is 17.0 Å². The molecule has 1 atom stereocenters. The monoisotopic (exact) mass is 481 g/mol. The summed E-state index contributed by atoms with van der Waals surface area (Å²) in [4.78, 5) is 17.7. The summed E-state index contributed by atoms with van der Waals surface area (Å²) in [5.41, 5.74) is 1.99. The summed E-state index contributed by atoms with van der Waals surface area (Å²) in [5.74, 6) is -1.39. The van der Waals surface area contributed by atoms with E-state index in [1.165, 1.54) is 8.61 Å². The van der Waals surface area contributed by atoms with Gasteiger partial charge in [-0.25, -0.2) is 0 Å². The van der Waals surface area contributed by atoms with Crippen LogP contribution in [0.25, 0.3) is 10.8 Å². The highest BCUT2D eigenvalue weighted by Crippen LogP contribution is 2.35. The molecule has 0 bridgehead atoms. The van der Waals surface area contributed by atoms with E-state index in [4.69, 9.17) is 16.9 Å². The molecule has 0 spiro atoms. The highest BCUT2D eigenvalue weighted by atomic mass is 35.5. The van der Waals surface area contributed by atoms with Crippen LogP contribution in [0.15, 0.2) is 54.9 Å². The molecule has 3 aromatic rings. The van der Waals surface area contributed by atoms with E-state index in [2.05, 4.69) is 16.4 Å². The van der Waals surface area contributed by atoms with Crippen molar-refractivity contribution < 1.29 is 13.2 Å². The molecule has 0 unspecified atom stereocenters. The van der Waals surface area contributed by atoms with Gasteiger partial charge < -0.3 is 5.32 Å². The minimum absolute atomic E-state index is 0.0204. The summed E-state index contributed by atoms with van der Waals surface area (Å²) < 4.78 is 29.0. The molecule has 2 aromatic carbocycles. The summed E-state index contributed by atoms with van der Waals surface area (Å²) >= 11 is 6.21. The summed E-state index contributed by atoms with van der Waals surface area (Å²) in [6, 6.07) is 14.8. The number of benzene rings is 2. The Hall–Kier alpha value is -3.03. The molecule has 1 aromatic heterocycles. The molecule has 5 rings (SSSR count). The van der Waals surface area contributed by atoms with Crippen molar-refractivity contribution in [2.24, 2.45) is 5.92 Å². The molecule has 0 radical (unpaired) electrons. The van der Waals surface area contributed by atoms with Gasteiger partial charge in [-0.2, -0.15) is 22.3 Å². The third kappa shape index (κ3) is 3.96. The zero-order valence-corrected chi connectivity index (χ0v) is 19.1. The Bertz CT molecular complexity index is 1390. The molecule has 1 fully saturated rings. The second kappa shape index (κ2) is 8.39. The van der Waals surface area contributed by atoms with E-state index in [1.807, 2.05) is 24.3 Å². The summed E-state index contributed by atoms with van der Waals surface area (Å²) in [6.07, 6.45) is 3.30. The highest BCUT2D eigenvalue weighted by Gasteiger charge is 2.43. The van der Waals surface area contributed by atoms with Crippen molar-refractivity contribution in [3.8, 4) is 6.07 Å². The third-order valence-corrected chi connectivity index (χ3v) is 8.26. The van der Waals surface area contributed by atoms with Gasteiger partial charge in [0.05, 0.1) is 29.8 Å². The first-order chi connectivity index (χ1) is 15.9. The highest BCUT2D eigenvalue weighted by molar-refractivity contribution is 7.86. The molecule has 8 nitrogen and oxygen atoms in total. The van der Waals surface area contributed by atoms with Crippen molar-refractivity contribution >= 4 is 44.2 Å². The number of amides is 1. The van der Waals surface area contributed by atoms with Crippen LogP contribution in [0.3, 0.4) is 0 Å². The van der Waals surface area contributed by atoms with Gasteiger partial charge in [-0.15, -0.1) is 0 Å². The maximum absolute atomic E-state index is 13.4. The predicted molar refractivity (Wildman–Crippen MR) is 125 cm³/mol. The normalized spacial score (nSPS) is 19.5. The number of fused-ring (bicyclic) bond motifs is 2. The Morgan fingerprint density at radius 3 is 2.70 bits per heavy atom. The number of hydrogen-bond acceptors (Lipinski definition) is 5. The largest absolute Gasteiger partial charge is 0.324 e. The van der Waals surface area contributed by atoms with Crippen LogP contribution in [-0.2, 0) is 21.5 Å². The van der Waals surface area contributed by atoms with Gasteiger partial charge >= 0.3 is 0 Å². The lowest BCUT2D eigenvalue weighted by Gasteiger charge is -2.40. The van der Waals surface area contributed by atoms with Gasteiger partial charge in [0.2, 0.25) is 5.91 Å². The maximum Gasteiger partial charge on any atom is 0.282 e. The van der Waals surface area contributed by atoms with Gasteiger partial charge in [-0.3, -0.25) is 9.78 Å². The number of nitriles is 1. The summed E-state index contributed by atoms with van der Waals surface area (Å²) in [6.45, 7) is 0.457. The number of carbonyl (C=O) groups is 1. The van der Waals surface area contributed by atoms with Crippen molar-refractivity contribution in [2.75, 3.05) is 25.0 Å². The van der Waals surface area contributed by atoms with Crippen LogP contribution in [0, 0.1) is 17.2 Å². The first-order valence-electron chi connectivity index (χ1n) is 10.4. The fraction of sp³-hybridized carbons (Fsp3) is 0.261. The van der Waals surface area contributed by atoms with Gasteiger partial charge in [-0.05, 0) is 23.3 Å². The molecule has 0 aliphatic carbocycles. The standard InChI is InChI=1S/C23H20ClN5O3S/c24-18-6-5-17-13-29(33(31,32)28-11-15(8-25)12-28)14-21(20(17)7-18)23(30)27-22-10-26-9-16-3-1-2-4-19(16)22/h1-7,9-10,15,21H,11-14H2,(H,27,30)/t21-/m1/s1. The number of aromatic nitrogens is 1. The summed E-state index contributed by atoms with van der Waals surface area (Å²) in [7, 11) is -3.80. The average molecular weight is 482 g/mol. The van der Waals surface area contributed by atoms with Crippen LogP contribution in [0.2, 0.25) is 5.02 Å². The Labute approximate surface area is 196 Å². The predicted octanol–water partition coefficient (Wildman–Crippen LogP) is 3.13. The molecule has 2 aliphatic heterocycles. The van der Waals surface area contributed by atoms with E-state index in [0.717, 1.165) is 16.3 Å². The molecule has 1 saturated heterocycles. The molecule has 1 amide bonds. The molecule has 33 heavy (non-hydrogen) atoms. The molecule has 3 heterocycles. The number of rotatable bonds is 4. The van der Waals surface area contributed by atoms with E-state index < -0.39 is 16.1 Å². The summed E-state index contributed by atoms with van der Waals surface area (Å²) in [5, 5.41) is 14.2. The topological polar surface area (TPSA) is 106 Å². The first kappa shape index (κ1) is 21.8. The van der Waals surface area contributed by atoms with Crippen molar-refractivity contribution in [1.82, 2.24) is 13.6 Å². The molecular weight excluding hydrogens is 462 g/mol. The van der Waals surface area contributed by atoms with Gasteiger partial charge in [0.25, 0.3) is 10.2 Å². The van der Waals surface area contributed by atoms with Crippen LogP contribution in [-0.4, -0.2) is 47.6 Å². The van der Waals surface area contributed by atoms with E-state index in [0.29, 0.717) is 16.3 Å². The Balaban J connectivity index is 1.47. The molecule has 1 N–H and O–H groups in total. The Morgan fingerprint density at radius 1 is 1.12 bits per heavy atom. The molecular formula is C23H20ClN5O3S. The van der Waals surface area contributed by atoms with Crippen LogP contribution in [0.4, 0.5) is 5.69 Å². The quantitative estimate of drug-likeness (QED) is 0.616. The van der Waals surface area contributed by atoms with E-state index in [-0.39, 0.29) is 38.0 Å². The number of nitrogens with zero attached hydrogens (tertiary/aromatic N) is 4. The maximum atomic E-state index is 13.4. The average Bonchev–Trinajstić information content (AvgIpc) is 2.77. The van der Waals surface area contributed by atoms with Crippen molar-refractivity contribution in [1.29, 1.82) is 5.26 Å². The van der Waals surface area contributed by atoms with Crippen molar-refractivity contribution in [3.63, 3.8) is 0 Å². The van der Waals surface area contributed by atoms with Crippen molar-refractivity contribution in [3.05, 3.63) is 71.0 Å². The third-order valence-electron chi connectivity index (χ3n) is 6.14. The van der Waals surface area contributed by atoms with Crippen molar-refractivity contribution in [2.45, 2.75) is 12.5 Å². The molecule has 168 valence electrons. The fourth-order valence-electron chi connectivity index (χ4n) is 4.30. The van der Waals surface area contributed by atoms with Crippen LogP contribution >= 0.6 is 11.6 Å². The second-order valence-electron chi connectivity index (χ2n) is 8.24. The smallest absolute Gasteiger partial charge is 0.282 e. The molecule has 10 heteroatoms. The number of anilines is 1. The Kier molecular flexibility index (Phi) is 5.54. The van der Waals surface area contributed by atoms with E-state index >= 15 is 0 Å². The lowest BCUT2D eigenvalue weighted by atomic mass is 9.90. The molecule has 2 aliphatic rings. The minimum atomic E-state index is -3.80. The number of halogens is 1. The van der Waals surface area contributed by atoms with Gasteiger partial charge in [0, 0.05) is 48.2 Å². The minimum Gasteiger partial charge on any atom is -0.324 e. The fourth-order valence-corrected chi connectivity index (χ4v) is 6.18. The zero-order chi connectivity index (χ0) is 23.2. The SMILES string of the molecule is N#CC1CN(S(=O)(=O)N2Cc3ccc(Cl)cc3[C@H](C(=O)Nc3cncc4ccccc34)C2)C1. The van der Waals surface area contributed by atoms with Gasteiger partial charge in [-0.1, -0.05) is 41.9 Å². The number of carbonyl (C=O) groups excluding carboxylic acids is 1. The van der Waals surface area contributed by atoms with Crippen LogP contribution < -0.4 is 5.32 Å². The lowest BCUT2D eigenvalue weighted by molar-refractivity contribution is -0.118.